The lowest BCUT2D eigenvalue weighted by Crippen LogP contribution is -2.24. The molecule has 4 heteroatoms. The number of aromatic hydroxyl groups is 1. The molecular formula is C9H14N2O2. The molecule has 0 aromatic heterocycles. The van der Waals surface area contributed by atoms with E-state index >= 15 is 0 Å². The fraction of sp³-hybridized carbons (Fsp3) is 0.333. The molecule has 2 atom stereocenters. The van der Waals surface area contributed by atoms with Crippen LogP contribution < -0.4 is 11.5 Å². The molecule has 4 nitrogen and oxygen atoms in total. The molecule has 0 heterocycles. The Kier molecular flexibility index (Phi) is 2.75. The van der Waals surface area contributed by atoms with Crippen LogP contribution in [0.5, 0.6) is 5.75 Å². The monoisotopic (exact) mass is 182 g/mol. The van der Waals surface area contributed by atoms with E-state index in [2.05, 4.69) is 0 Å². The van der Waals surface area contributed by atoms with Crippen molar-refractivity contribution in [2.75, 3.05) is 5.73 Å². The summed E-state index contributed by atoms with van der Waals surface area (Å²) in [5.41, 5.74) is 11.6. The Hall–Kier alpha value is -1.26. The molecule has 0 aliphatic carbocycles. The maximum Gasteiger partial charge on any atom is 0.144 e. The zero-order valence-electron chi connectivity index (χ0n) is 7.44. The molecule has 0 saturated carbocycles. The molecule has 1 rings (SSSR count). The zero-order chi connectivity index (χ0) is 10.0. The number of anilines is 1. The van der Waals surface area contributed by atoms with Crippen LogP contribution in [0.2, 0.25) is 0 Å². The molecule has 1 aromatic rings. The highest BCUT2D eigenvalue weighted by Gasteiger charge is 2.17. The van der Waals surface area contributed by atoms with Gasteiger partial charge < -0.3 is 21.7 Å². The van der Waals surface area contributed by atoms with Gasteiger partial charge in [0, 0.05) is 11.6 Å². The van der Waals surface area contributed by atoms with Crippen LogP contribution in [0, 0.1) is 0 Å². The Morgan fingerprint density at radius 1 is 1.38 bits per heavy atom. The molecule has 0 radical (unpaired) electrons. The SMILES string of the molecule is C[C@H](N)[C@H](O)c1cccc(N)c1O. The highest BCUT2D eigenvalue weighted by molar-refractivity contribution is 5.56. The summed E-state index contributed by atoms with van der Waals surface area (Å²) in [6.45, 7) is 1.66. The van der Waals surface area contributed by atoms with E-state index in [9.17, 15) is 10.2 Å². The molecule has 0 saturated heterocycles. The van der Waals surface area contributed by atoms with E-state index in [1.165, 1.54) is 0 Å². The second-order valence-electron chi connectivity index (χ2n) is 3.09. The molecule has 1 aromatic carbocycles. The second-order valence-corrected chi connectivity index (χ2v) is 3.09. The number of phenolic OH excluding ortho intramolecular Hbond substituents is 1. The van der Waals surface area contributed by atoms with E-state index in [-0.39, 0.29) is 11.4 Å². The first kappa shape index (κ1) is 9.83. The minimum absolute atomic E-state index is 0.0905. The first-order valence-electron chi connectivity index (χ1n) is 4.05. The van der Waals surface area contributed by atoms with Crippen LogP contribution >= 0.6 is 0 Å². The van der Waals surface area contributed by atoms with Crippen LogP contribution in [0.15, 0.2) is 18.2 Å². The summed E-state index contributed by atoms with van der Waals surface area (Å²) in [7, 11) is 0. The average Bonchev–Trinajstić information content (AvgIpc) is 2.08. The van der Waals surface area contributed by atoms with Gasteiger partial charge >= 0.3 is 0 Å². The van der Waals surface area contributed by atoms with E-state index in [0.29, 0.717) is 5.56 Å². The van der Waals surface area contributed by atoms with Crippen LogP contribution in [0.4, 0.5) is 5.69 Å². The largest absolute Gasteiger partial charge is 0.505 e. The van der Waals surface area contributed by atoms with E-state index < -0.39 is 12.1 Å². The lowest BCUT2D eigenvalue weighted by atomic mass is 10.0. The fourth-order valence-electron chi connectivity index (χ4n) is 1.10. The number of nitrogens with two attached hydrogens (primary N) is 2. The molecule has 0 aliphatic rings. The summed E-state index contributed by atoms with van der Waals surface area (Å²) in [5, 5.41) is 19.0. The smallest absolute Gasteiger partial charge is 0.144 e. The van der Waals surface area contributed by atoms with Crippen LogP contribution in [0.3, 0.4) is 0 Å². The van der Waals surface area contributed by atoms with Crippen LogP contribution in [-0.2, 0) is 0 Å². The number of benzene rings is 1. The van der Waals surface area contributed by atoms with Gasteiger partial charge in [-0.2, -0.15) is 0 Å². The maximum atomic E-state index is 9.56. The van der Waals surface area contributed by atoms with Gasteiger partial charge in [-0.1, -0.05) is 12.1 Å². The summed E-state index contributed by atoms with van der Waals surface area (Å²) in [6, 6.07) is 4.38. The van der Waals surface area contributed by atoms with Gasteiger partial charge in [0.15, 0.2) is 0 Å². The van der Waals surface area contributed by atoms with Crippen LogP contribution in [-0.4, -0.2) is 16.3 Å². The Morgan fingerprint density at radius 2 is 2.00 bits per heavy atom. The number of aliphatic hydroxyl groups excluding tert-OH is 1. The van der Waals surface area contributed by atoms with Gasteiger partial charge in [0.05, 0.1) is 11.8 Å². The number of hydrogen-bond donors (Lipinski definition) is 4. The molecule has 13 heavy (non-hydrogen) atoms. The number of rotatable bonds is 2. The second kappa shape index (κ2) is 3.64. The minimum Gasteiger partial charge on any atom is -0.505 e. The van der Waals surface area contributed by atoms with Crippen molar-refractivity contribution in [2.24, 2.45) is 5.73 Å². The van der Waals surface area contributed by atoms with Crippen molar-refractivity contribution in [3.63, 3.8) is 0 Å². The molecule has 0 aliphatic heterocycles. The summed E-state index contributed by atoms with van der Waals surface area (Å²) >= 11 is 0. The Bertz CT molecular complexity index is 300. The van der Waals surface area contributed by atoms with Gasteiger partial charge in [-0.05, 0) is 13.0 Å². The maximum absolute atomic E-state index is 9.56. The summed E-state index contributed by atoms with van der Waals surface area (Å²) < 4.78 is 0. The van der Waals surface area contributed by atoms with Crippen molar-refractivity contribution in [2.45, 2.75) is 19.1 Å². The quantitative estimate of drug-likeness (QED) is 0.392. The molecular weight excluding hydrogens is 168 g/mol. The topological polar surface area (TPSA) is 92.5 Å². The molecule has 0 bridgehead atoms. The van der Waals surface area contributed by atoms with Crippen LogP contribution in [0.1, 0.15) is 18.6 Å². The van der Waals surface area contributed by atoms with Crippen LogP contribution in [0.25, 0.3) is 0 Å². The van der Waals surface area contributed by atoms with Crippen molar-refractivity contribution < 1.29 is 10.2 Å². The third kappa shape index (κ3) is 1.91. The highest BCUT2D eigenvalue weighted by Crippen LogP contribution is 2.30. The summed E-state index contributed by atoms with van der Waals surface area (Å²) in [4.78, 5) is 0. The predicted octanol–water partition coefficient (Wildman–Crippen LogP) is 0.355. The Balaban J connectivity index is 3.07. The van der Waals surface area contributed by atoms with Gasteiger partial charge in [-0.3, -0.25) is 0 Å². The third-order valence-corrected chi connectivity index (χ3v) is 1.92. The molecule has 72 valence electrons. The standard InChI is InChI=1S/C9H14N2O2/c1-5(10)8(12)6-3-2-4-7(11)9(6)13/h2-5,8,12-13H,10-11H2,1H3/t5-,8-/m0/s1. The third-order valence-electron chi connectivity index (χ3n) is 1.92. The van der Waals surface area contributed by atoms with Crippen molar-refractivity contribution >= 4 is 5.69 Å². The van der Waals surface area contributed by atoms with E-state index in [0.717, 1.165) is 0 Å². The first-order valence-corrected chi connectivity index (χ1v) is 4.05. The van der Waals surface area contributed by atoms with Crippen molar-refractivity contribution in [1.82, 2.24) is 0 Å². The molecule has 0 unspecified atom stereocenters. The summed E-state index contributed by atoms with van der Waals surface area (Å²) in [5.74, 6) is -0.0905. The van der Waals surface area contributed by atoms with E-state index in [1.54, 1.807) is 25.1 Å². The number of nitrogen functional groups attached to an aromatic ring is 1. The lowest BCUT2D eigenvalue weighted by Gasteiger charge is -2.16. The van der Waals surface area contributed by atoms with Gasteiger partial charge in [0.1, 0.15) is 5.75 Å². The number of phenols is 1. The van der Waals surface area contributed by atoms with Crippen molar-refractivity contribution in [3.8, 4) is 5.75 Å². The summed E-state index contributed by atoms with van der Waals surface area (Å²) in [6.07, 6.45) is -0.886. The first-order chi connectivity index (χ1) is 6.04. The van der Waals surface area contributed by atoms with E-state index in [4.69, 9.17) is 11.5 Å². The molecule has 0 amide bonds. The normalized spacial score (nSPS) is 15.3. The van der Waals surface area contributed by atoms with E-state index in [1.807, 2.05) is 0 Å². The fourth-order valence-corrected chi connectivity index (χ4v) is 1.10. The average molecular weight is 182 g/mol. The van der Waals surface area contributed by atoms with Crippen molar-refractivity contribution in [1.29, 1.82) is 0 Å². The number of hydrogen-bond acceptors (Lipinski definition) is 4. The highest BCUT2D eigenvalue weighted by atomic mass is 16.3. The predicted molar refractivity (Wildman–Crippen MR) is 51.1 cm³/mol. The number of aliphatic hydroxyl groups is 1. The van der Waals surface area contributed by atoms with Gasteiger partial charge in [0.25, 0.3) is 0 Å². The zero-order valence-corrected chi connectivity index (χ0v) is 7.44. The lowest BCUT2D eigenvalue weighted by molar-refractivity contribution is 0.150. The minimum atomic E-state index is -0.886. The van der Waals surface area contributed by atoms with Gasteiger partial charge in [-0.15, -0.1) is 0 Å². The van der Waals surface area contributed by atoms with Crippen molar-refractivity contribution in [3.05, 3.63) is 23.8 Å². The van der Waals surface area contributed by atoms with Gasteiger partial charge in [0.2, 0.25) is 0 Å². The molecule has 0 fully saturated rings. The molecule has 6 N–H and O–H groups in total. The number of para-hydroxylation sites is 1. The van der Waals surface area contributed by atoms with Gasteiger partial charge in [-0.25, -0.2) is 0 Å². The molecule has 0 spiro atoms. The Labute approximate surface area is 76.8 Å². The Morgan fingerprint density at radius 3 is 2.54 bits per heavy atom.